The fourth-order valence-electron chi connectivity index (χ4n) is 1.25. The molecule has 0 spiro atoms. The molecule has 0 saturated carbocycles. The fraction of sp³-hybridized carbons (Fsp3) is 0.455. The Morgan fingerprint density at radius 3 is 1.86 bits per heavy atom. The Kier molecular flexibility index (Phi) is 4.26. The third kappa shape index (κ3) is 2.92. The molecule has 0 atom stereocenters. The molecular weight excluding hydrogens is 178 g/mol. The number of hydrogen-bond donors (Lipinski definition) is 1. The Balaban J connectivity index is 2.88. The summed E-state index contributed by atoms with van der Waals surface area (Å²) >= 11 is 0. The SMILES string of the molecule is CCOc1cc(CN)cc(OCC)c1. The summed E-state index contributed by atoms with van der Waals surface area (Å²) in [7, 11) is 0. The first-order chi connectivity index (χ1) is 6.80. The second kappa shape index (κ2) is 5.50. The molecule has 0 aliphatic carbocycles. The van der Waals surface area contributed by atoms with Gasteiger partial charge in [0.15, 0.2) is 0 Å². The van der Waals surface area contributed by atoms with E-state index in [9.17, 15) is 0 Å². The minimum Gasteiger partial charge on any atom is -0.494 e. The van der Waals surface area contributed by atoms with Gasteiger partial charge in [0, 0.05) is 12.6 Å². The molecule has 0 aliphatic rings. The zero-order valence-electron chi connectivity index (χ0n) is 8.75. The molecule has 0 radical (unpaired) electrons. The average Bonchev–Trinajstić information content (AvgIpc) is 2.18. The minimum atomic E-state index is 0.501. The van der Waals surface area contributed by atoms with Crippen LogP contribution >= 0.6 is 0 Å². The summed E-state index contributed by atoms with van der Waals surface area (Å²) in [6, 6.07) is 5.75. The van der Waals surface area contributed by atoms with Crippen molar-refractivity contribution in [3.63, 3.8) is 0 Å². The van der Waals surface area contributed by atoms with Crippen LogP contribution in [0.5, 0.6) is 11.5 Å². The molecule has 3 nitrogen and oxygen atoms in total. The lowest BCUT2D eigenvalue weighted by atomic mass is 10.2. The van der Waals surface area contributed by atoms with Gasteiger partial charge in [-0.1, -0.05) is 0 Å². The maximum atomic E-state index is 5.57. The monoisotopic (exact) mass is 195 g/mol. The zero-order chi connectivity index (χ0) is 10.4. The van der Waals surface area contributed by atoms with Gasteiger partial charge >= 0.3 is 0 Å². The van der Waals surface area contributed by atoms with Crippen LogP contribution in [0.4, 0.5) is 0 Å². The van der Waals surface area contributed by atoms with Gasteiger partial charge in [-0.3, -0.25) is 0 Å². The molecule has 0 amide bonds. The summed E-state index contributed by atoms with van der Waals surface area (Å²) in [6.45, 7) is 5.71. The molecule has 0 saturated heterocycles. The lowest BCUT2D eigenvalue weighted by Crippen LogP contribution is -2.00. The Morgan fingerprint density at radius 2 is 1.50 bits per heavy atom. The molecule has 0 unspecified atom stereocenters. The van der Waals surface area contributed by atoms with Gasteiger partial charge in [-0.15, -0.1) is 0 Å². The highest BCUT2D eigenvalue weighted by Crippen LogP contribution is 2.22. The van der Waals surface area contributed by atoms with Gasteiger partial charge in [-0.25, -0.2) is 0 Å². The van der Waals surface area contributed by atoms with Crippen LogP contribution in [0.25, 0.3) is 0 Å². The van der Waals surface area contributed by atoms with E-state index >= 15 is 0 Å². The molecule has 2 N–H and O–H groups in total. The Labute approximate surface area is 84.8 Å². The second-order valence-electron chi connectivity index (χ2n) is 2.88. The van der Waals surface area contributed by atoms with E-state index in [-0.39, 0.29) is 0 Å². The first kappa shape index (κ1) is 10.9. The molecule has 14 heavy (non-hydrogen) atoms. The van der Waals surface area contributed by atoms with Crippen molar-refractivity contribution in [3.8, 4) is 11.5 Å². The topological polar surface area (TPSA) is 44.5 Å². The van der Waals surface area contributed by atoms with Crippen molar-refractivity contribution in [3.05, 3.63) is 23.8 Å². The number of rotatable bonds is 5. The van der Waals surface area contributed by atoms with Crippen LogP contribution in [0.15, 0.2) is 18.2 Å². The van der Waals surface area contributed by atoms with E-state index in [0.29, 0.717) is 19.8 Å². The maximum Gasteiger partial charge on any atom is 0.123 e. The fourth-order valence-corrected chi connectivity index (χ4v) is 1.25. The van der Waals surface area contributed by atoms with Crippen LogP contribution in [-0.4, -0.2) is 13.2 Å². The van der Waals surface area contributed by atoms with Gasteiger partial charge in [0.25, 0.3) is 0 Å². The number of ether oxygens (including phenoxy) is 2. The number of nitrogens with two attached hydrogens (primary N) is 1. The Morgan fingerprint density at radius 1 is 1.00 bits per heavy atom. The van der Waals surface area contributed by atoms with Crippen LogP contribution in [0.2, 0.25) is 0 Å². The zero-order valence-corrected chi connectivity index (χ0v) is 8.75. The van der Waals surface area contributed by atoms with Gasteiger partial charge < -0.3 is 15.2 Å². The van der Waals surface area contributed by atoms with Crippen LogP contribution in [-0.2, 0) is 6.54 Å². The van der Waals surface area contributed by atoms with Gasteiger partial charge in [0.1, 0.15) is 11.5 Å². The number of benzene rings is 1. The van der Waals surface area contributed by atoms with Crippen molar-refractivity contribution in [1.82, 2.24) is 0 Å². The van der Waals surface area contributed by atoms with E-state index in [1.54, 1.807) is 0 Å². The average molecular weight is 195 g/mol. The van der Waals surface area contributed by atoms with E-state index in [1.165, 1.54) is 0 Å². The van der Waals surface area contributed by atoms with E-state index in [0.717, 1.165) is 17.1 Å². The lowest BCUT2D eigenvalue weighted by Gasteiger charge is -2.09. The highest BCUT2D eigenvalue weighted by molar-refractivity contribution is 5.38. The summed E-state index contributed by atoms with van der Waals surface area (Å²) in [5.74, 6) is 1.64. The highest BCUT2D eigenvalue weighted by atomic mass is 16.5. The molecule has 0 aliphatic heterocycles. The van der Waals surface area contributed by atoms with Gasteiger partial charge in [-0.2, -0.15) is 0 Å². The van der Waals surface area contributed by atoms with E-state index in [1.807, 2.05) is 32.0 Å². The maximum absolute atomic E-state index is 5.57. The Hall–Kier alpha value is -1.22. The largest absolute Gasteiger partial charge is 0.494 e. The summed E-state index contributed by atoms with van der Waals surface area (Å²) in [6.07, 6.45) is 0. The van der Waals surface area contributed by atoms with E-state index in [4.69, 9.17) is 15.2 Å². The molecule has 0 aromatic heterocycles. The normalized spacial score (nSPS) is 9.93. The first-order valence-electron chi connectivity index (χ1n) is 4.89. The molecule has 3 heteroatoms. The van der Waals surface area contributed by atoms with Crippen molar-refractivity contribution < 1.29 is 9.47 Å². The van der Waals surface area contributed by atoms with Crippen molar-refractivity contribution in [1.29, 1.82) is 0 Å². The summed E-state index contributed by atoms with van der Waals surface area (Å²) in [5.41, 5.74) is 6.60. The predicted octanol–water partition coefficient (Wildman–Crippen LogP) is 1.94. The van der Waals surface area contributed by atoms with Gasteiger partial charge in [-0.05, 0) is 31.5 Å². The van der Waals surface area contributed by atoms with Crippen molar-refractivity contribution >= 4 is 0 Å². The number of hydrogen-bond acceptors (Lipinski definition) is 3. The molecule has 1 aromatic carbocycles. The quantitative estimate of drug-likeness (QED) is 0.781. The van der Waals surface area contributed by atoms with Crippen molar-refractivity contribution in [2.75, 3.05) is 13.2 Å². The predicted molar refractivity (Wildman–Crippen MR) is 56.7 cm³/mol. The van der Waals surface area contributed by atoms with Crippen LogP contribution in [0.1, 0.15) is 19.4 Å². The molecular formula is C11H17NO2. The van der Waals surface area contributed by atoms with Crippen LogP contribution < -0.4 is 15.2 Å². The lowest BCUT2D eigenvalue weighted by molar-refractivity contribution is 0.322. The van der Waals surface area contributed by atoms with Gasteiger partial charge in [0.05, 0.1) is 13.2 Å². The summed E-state index contributed by atoms with van der Waals surface area (Å²) < 4.78 is 10.8. The molecule has 78 valence electrons. The minimum absolute atomic E-state index is 0.501. The van der Waals surface area contributed by atoms with E-state index in [2.05, 4.69) is 0 Å². The van der Waals surface area contributed by atoms with Gasteiger partial charge in [0.2, 0.25) is 0 Å². The second-order valence-corrected chi connectivity index (χ2v) is 2.88. The molecule has 1 aromatic rings. The molecule has 1 rings (SSSR count). The highest BCUT2D eigenvalue weighted by Gasteiger charge is 2.01. The third-order valence-electron chi connectivity index (χ3n) is 1.80. The molecule has 0 bridgehead atoms. The summed E-state index contributed by atoms with van der Waals surface area (Å²) in [4.78, 5) is 0. The first-order valence-corrected chi connectivity index (χ1v) is 4.89. The van der Waals surface area contributed by atoms with Crippen LogP contribution in [0.3, 0.4) is 0 Å². The van der Waals surface area contributed by atoms with E-state index < -0.39 is 0 Å². The molecule has 0 heterocycles. The molecule has 0 fully saturated rings. The Bertz CT molecular complexity index is 262. The smallest absolute Gasteiger partial charge is 0.123 e. The standard InChI is InChI=1S/C11H17NO2/c1-3-13-10-5-9(8-12)6-11(7-10)14-4-2/h5-7H,3-4,8,12H2,1-2H3. The van der Waals surface area contributed by atoms with Crippen molar-refractivity contribution in [2.45, 2.75) is 20.4 Å². The van der Waals surface area contributed by atoms with Crippen LogP contribution in [0, 0.1) is 0 Å². The van der Waals surface area contributed by atoms with Crippen molar-refractivity contribution in [2.24, 2.45) is 5.73 Å². The summed E-state index contributed by atoms with van der Waals surface area (Å²) in [5, 5.41) is 0. The third-order valence-corrected chi connectivity index (χ3v) is 1.80.